The lowest BCUT2D eigenvalue weighted by atomic mass is 9.72. The molecule has 2 heteroatoms. The summed E-state index contributed by atoms with van der Waals surface area (Å²) in [6.07, 6.45) is 7.92. The lowest BCUT2D eigenvalue weighted by molar-refractivity contribution is 0.798. The molecule has 1 heterocycles. The normalized spacial score (nSPS) is 15.0. The van der Waals surface area contributed by atoms with E-state index in [1.54, 1.807) is 0 Å². The first-order valence-electron chi connectivity index (χ1n) is 19.1. The number of fused-ring (bicyclic) bond motifs is 5. The Morgan fingerprint density at radius 2 is 1.09 bits per heavy atom. The lowest BCUT2D eigenvalue weighted by Crippen LogP contribution is -2.38. The van der Waals surface area contributed by atoms with Crippen molar-refractivity contribution in [2.24, 2.45) is 5.92 Å². The van der Waals surface area contributed by atoms with E-state index in [9.17, 15) is 0 Å². The number of hydrogen-bond acceptors (Lipinski definition) is 1. The number of benzene rings is 8. The van der Waals surface area contributed by atoms with Crippen LogP contribution >= 0.6 is 0 Å². The van der Waals surface area contributed by atoms with Gasteiger partial charge in [0.1, 0.15) is 5.82 Å². The van der Waals surface area contributed by atoms with Crippen LogP contribution in [0.4, 0.5) is 0 Å². The maximum atomic E-state index is 5.12. The van der Waals surface area contributed by atoms with E-state index < -0.39 is 0 Å². The highest BCUT2D eigenvalue weighted by atomic mass is 15.1. The van der Waals surface area contributed by atoms with Crippen molar-refractivity contribution in [2.45, 2.75) is 6.42 Å². The summed E-state index contributed by atoms with van der Waals surface area (Å²) >= 11 is 0. The van der Waals surface area contributed by atoms with Crippen molar-refractivity contribution in [3.63, 3.8) is 0 Å². The van der Waals surface area contributed by atoms with Gasteiger partial charge >= 0.3 is 0 Å². The SMILES string of the molecule is C1=CCC2C(=C1)C(c1ccc3ccccc3c1)=c1cc(-c3ccc(-c4nc5ccccc5n4-c4ccccc4)cc3)ccc1=C2c1ccc2ccccc2c1. The van der Waals surface area contributed by atoms with Gasteiger partial charge in [0, 0.05) is 17.2 Å². The second kappa shape index (κ2) is 12.8. The second-order valence-electron chi connectivity index (χ2n) is 14.7. The molecule has 2 nitrogen and oxygen atoms in total. The largest absolute Gasteiger partial charge is 0.292 e. The average molecular weight is 701 g/mol. The van der Waals surface area contributed by atoms with Crippen molar-refractivity contribution >= 4 is 43.7 Å². The van der Waals surface area contributed by atoms with Gasteiger partial charge in [-0.2, -0.15) is 0 Å². The van der Waals surface area contributed by atoms with Crippen molar-refractivity contribution in [2.75, 3.05) is 0 Å². The molecule has 8 aromatic carbocycles. The van der Waals surface area contributed by atoms with Gasteiger partial charge in [0.05, 0.1) is 11.0 Å². The fourth-order valence-electron chi connectivity index (χ4n) is 8.92. The molecule has 1 aromatic heterocycles. The van der Waals surface area contributed by atoms with E-state index >= 15 is 0 Å². The standard InChI is InChI=1S/C53H36N2/c1-2-16-44(17-3-1)55-50-21-11-10-20-49(50)54-53(55)38-26-22-37(23-27-38)41-30-31-47-48(34-41)52(43-29-25-36-13-5-7-15-40(36)33-43)46-19-9-8-18-45(46)51(47)42-28-24-35-12-4-6-14-39(35)32-42/h1-17,19-34,45H,18H2. The smallest absolute Gasteiger partial charge is 0.145 e. The van der Waals surface area contributed by atoms with Crippen LogP contribution in [-0.4, -0.2) is 9.55 Å². The Hall–Kier alpha value is -7.03. The van der Waals surface area contributed by atoms with Crippen LogP contribution in [0.25, 0.3) is 71.9 Å². The summed E-state index contributed by atoms with van der Waals surface area (Å²) in [5.74, 6) is 1.20. The highest BCUT2D eigenvalue weighted by Gasteiger charge is 2.29. The third kappa shape index (κ3) is 5.29. The van der Waals surface area contributed by atoms with Crippen molar-refractivity contribution < 1.29 is 0 Å². The van der Waals surface area contributed by atoms with E-state index in [1.165, 1.54) is 71.0 Å². The number of hydrogen-bond donors (Lipinski definition) is 0. The molecular formula is C53H36N2. The van der Waals surface area contributed by atoms with Gasteiger partial charge in [-0.25, -0.2) is 4.98 Å². The van der Waals surface area contributed by atoms with Crippen LogP contribution in [0.1, 0.15) is 17.5 Å². The van der Waals surface area contributed by atoms with Gasteiger partial charge in [-0.05, 0) is 120 Å². The topological polar surface area (TPSA) is 17.8 Å². The molecule has 1 unspecified atom stereocenters. The van der Waals surface area contributed by atoms with Gasteiger partial charge in [0.25, 0.3) is 0 Å². The average Bonchev–Trinajstić information content (AvgIpc) is 3.65. The number of aromatic nitrogens is 2. The number of rotatable bonds is 5. The minimum absolute atomic E-state index is 0.258. The number of allylic oxidation sites excluding steroid dienone is 4. The molecule has 11 rings (SSSR count). The summed E-state index contributed by atoms with van der Waals surface area (Å²) < 4.78 is 2.26. The Kier molecular flexibility index (Phi) is 7.34. The number of nitrogens with zero attached hydrogens (tertiary/aromatic N) is 2. The second-order valence-corrected chi connectivity index (χ2v) is 14.7. The fraction of sp³-hybridized carbons (Fsp3) is 0.0377. The third-order valence-electron chi connectivity index (χ3n) is 11.5. The molecule has 0 saturated heterocycles. The van der Waals surface area contributed by atoms with Gasteiger partial charge in [-0.1, -0.05) is 158 Å². The summed E-state index contributed by atoms with van der Waals surface area (Å²) in [6, 6.07) is 66.3. The molecule has 2 aliphatic carbocycles. The molecule has 0 N–H and O–H groups in total. The van der Waals surface area contributed by atoms with E-state index in [2.05, 4.69) is 205 Å². The van der Waals surface area contributed by atoms with Crippen molar-refractivity contribution in [1.82, 2.24) is 9.55 Å². The first kappa shape index (κ1) is 31.5. The Labute approximate surface area is 320 Å². The lowest BCUT2D eigenvalue weighted by Gasteiger charge is -2.31. The minimum atomic E-state index is 0.258. The molecule has 9 aromatic rings. The zero-order valence-corrected chi connectivity index (χ0v) is 30.2. The molecule has 0 fully saturated rings. The molecule has 2 aliphatic rings. The third-order valence-corrected chi connectivity index (χ3v) is 11.5. The molecule has 0 amide bonds. The number of imidazole rings is 1. The van der Waals surface area contributed by atoms with Gasteiger partial charge in [0.15, 0.2) is 0 Å². The van der Waals surface area contributed by atoms with Crippen molar-refractivity contribution in [3.8, 4) is 28.2 Å². The van der Waals surface area contributed by atoms with Crippen LogP contribution in [-0.2, 0) is 0 Å². The van der Waals surface area contributed by atoms with Crippen molar-refractivity contribution in [3.05, 3.63) is 227 Å². The van der Waals surface area contributed by atoms with Crippen LogP contribution in [0.3, 0.4) is 0 Å². The van der Waals surface area contributed by atoms with E-state index in [-0.39, 0.29) is 5.92 Å². The summed E-state index contributed by atoms with van der Waals surface area (Å²) in [7, 11) is 0. The molecule has 55 heavy (non-hydrogen) atoms. The minimum Gasteiger partial charge on any atom is -0.292 e. The molecule has 1 atom stereocenters. The fourth-order valence-corrected chi connectivity index (χ4v) is 8.92. The molecular weight excluding hydrogens is 665 g/mol. The quantitative estimate of drug-likeness (QED) is 0.175. The van der Waals surface area contributed by atoms with E-state index in [0.717, 1.165) is 34.5 Å². The Morgan fingerprint density at radius 1 is 0.473 bits per heavy atom. The molecule has 0 saturated carbocycles. The number of para-hydroxylation sites is 3. The summed E-state index contributed by atoms with van der Waals surface area (Å²) in [6.45, 7) is 0. The highest BCUT2D eigenvalue weighted by Crippen LogP contribution is 2.42. The van der Waals surface area contributed by atoms with Gasteiger partial charge < -0.3 is 0 Å². The monoisotopic (exact) mass is 700 g/mol. The predicted molar refractivity (Wildman–Crippen MR) is 229 cm³/mol. The molecule has 0 radical (unpaired) electrons. The van der Waals surface area contributed by atoms with Gasteiger partial charge in [0.2, 0.25) is 0 Å². The first-order valence-corrected chi connectivity index (χ1v) is 19.1. The summed E-state index contributed by atoms with van der Waals surface area (Å²) in [5.41, 5.74) is 13.3. The van der Waals surface area contributed by atoms with E-state index in [1.807, 2.05) is 0 Å². The van der Waals surface area contributed by atoms with Gasteiger partial charge in [-0.3, -0.25) is 4.57 Å². The summed E-state index contributed by atoms with van der Waals surface area (Å²) in [4.78, 5) is 5.12. The van der Waals surface area contributed by atoms with Crippen LogP contribution in [0.5, 0.6) is 0 Å². The zero-order valence-electron chi connectivity index (χ0n) is 30.2. The van der Waals surface area contributed by atoms with Crippen LogP contribution < -0.4 is 10.4 Å². The molecule has 0 spiro atoms. The zero-order chi connectivity index (χ0) is 36.3. The maximum Gasteiger partial charge on any atom is 0.145 e. The Bertz CT molecular complexity index is 3160. The molecule has 0 aliphatic heterocycles. The Morgan fingerprint density at radius 3 is 1.87 bits per heavy atom. The predicted octanol–water partition coefficient (Wildman–Crippen LogP) is 11.6. The first-order chi connectivity index (χ1) is 27.3. The van der Waals surface area contributed by atoms with E-state index in [4.69, 9.17) is 4.98 Å². The van der Waals surface area contributed by atoms with E-state index in [0.29, 0.717) is 0 Å². The molecule has 0 bridgehead atoms. The maximum absolute atomic E-state index is 5.12. The van der Waals surface area contributed by atoms with Crippen LogP contribution in [0, 0.1) is 5.92 Å². The molecule has 258 valence electrons. The van der Waals surface area contributed by atoms with Crippen molar-refractivity contribution in [1.29, 1.82) is 0 Å². The Balaban J connectivity index is 1.13. The van der Waals surface area contributed by atoms with Crippen LogP contribution in [0.2, 0.25) is 0 Å². The highest BCUT2D eigenvalue weighted by molar-refractivity contribution is 5.95. The summed E-state index contributed by atoms with van der Waals surface area (Å²) in [5, 5.41) is 7.65. The van der Waals surface area contributed by atoms with Crippen LogP contribution in [0.15, 0.2) is 206 Å². The van der Waals surface area contributed by atoms with Gasteiger partial charge in [-0.15, -0.1) is 0 Å².